The van der Waals surface area contributed by atoms with Gasteiger partial charge in [-0.25, -0.2) is 4.39 Å². The molecule has 0 heterocycles. The molecule has 1 aromatic carbocycles. The number of rotatable bonds is 5. The first-order chi connectivity index (χ1) is 9.28. The van der Waals surface area contributed by atoms with Gasteiger partial charge >= 0.3 is 0 Å². The predicted molar refractivity (Wildman–Crippen MR) is 73.9 cm³/mol. The molecular weight excluding hydrogens is 283 g/mol. The van der Waals surface area contributed by atoms with E-state index in [4.69, 9.17) is 21.6 Å². The van der Waals surface area contributed by atoms with E-state index >= 15 is 0 Å². The summed E-state index contributed by atoms with van der Waals surface area (Å²) in [6.45, 7) is 5.01. The molecule has 0 radical (unpaired) electrons. The van der Waals surface area contributed by atoms with Gasteiger partial charge in [0, 0.05) is 0 Å². The third-order valence-corrected chi connectivity index (χ3v) is 3.33. The summed E-state index contributed by atoms with van der Waals surface area (Å²) in [4.78, 5) is 11.8. The van der Waals surface area contributed by atoms with Crippen LogP contribution in [0.15, 0.2) is 18.2 Å². The molecule has 0 spiro atoms. The van der Waals surface area contributed by atoms with Gasteiger partial charge in [-0.1, -0.05) is 25.4 Å². The zero-order valence-corrected chi connectivity index (χ0v) is 12.3. The molecule has 6 heteroatoms. The first-order valence-corrected chi connectivity index (χ1v) is 6.46. The Labute approximate surface area is 122 Å². The lowest BCUT2D eigenvalue weighted by Gasteiger charge is -2.27. The maximum Gasteiger partial charge on any atom is 0.259 e. The Morgan fingerprint density at radius 1 is 1.60 bits per heavy atom. The summed E-state index contributed by atoms with van der Waals surface area (Å²) in [7, 11) is 0. The van der Waals surface area contributed by atoms with Crippen molar-refractivity contribution >= 4 is 17.5 Å². The van der Waals surface area contributed by atoms with E-state index < -0.39 is 17.3 Å². The Morgan fingerprint density at radius 2 is 2.25 bits per heavy atom. The number of amides is 1. The second-order valence-corrected chi connectivity index (χ2v) is 5.29. The lowest BCUT2D eigenvalue weighted by molar-refractivity contribution is -0.124. The van der Waals surface area contributed by atoms with Crippen LogP contribution in [0.25, 0.3) is 0 Å². The molecule has 0 aliphatic rings. The van der Waals surface area contributed by atoms with Crippen LogP contribution >= 0.6 is 11.6 Å². The van der Waals surface area contributed by atoms with Crippen LogP contribution in [0.1, 0.15) is 20.8 Å². The van der Waals surface area contributed by atoms with Gasteiger partial charge in [-0.3, -0.25) is 4.79 Å². The van der Waals surface area contributed by atoms with E-state index in [0.29, 0.717) is 0 Å². The van der Waals surface area contributed by atoms with Crippen LogP contribution in [-0.4, -0.2) is 18.1 Å². The Balaban J connectivity index is 2.62. The Kier molecular flexibility index (Phi) is 5.34. The minimum atomic E-state index is -0.965. The molecule has 0 saturated heterocycles. The summed E-state index contributed by atoms with van der Waals surface area (Å²) < 4.78 is 18.1. The number of benzene rings is 1. The van der Waals surface area contributed by atoms with Gasteiger partial charge in [-0.2, -0.15) is 5.26 Å². The number of nitrogens with one attached hydrogen (secondary N) is 1. The largest absolute Gasteiger partial charge is 0.482 e. The number of nitriles is 1. The van der Waals surface area contributed by atoms with Gasteiger partial charge in [0.2, 0.25) is 0 Å². The van der Waals surface area contributed by atoms with Crippen LogP contribution in [-0.2, 0) is 4.79 Å². The van der Waals surface area contributed by atoms with Gasteiger partial charge < -0.3 is 10.1 Å². The summed E-state index contributed by atoms with van der Waals surface area (Å²) in [6.07, 6.45) is 0. The summed E-state index contributed by atoms with van der Waals surface area (Å²) >= 11 is 5.77. The maximum atomic E-state index is 12.8. The summed E-state index contributed by atoms with van der Waals surface area (Å²) in [5.74, 6) is -0.760. The maximum absolute atomic E-state index is 12.8. The van der Waals surface area contributed by atoms with Crippen molar-refractivity contribution in [2.45, 2.75) is 26.3 Å². The van der Waals surface area contributed by atoms with Crippen LogP contribution in [0, 0.1) is 23.1 Å². The first-order valence-electron chi connectivity index (χ1n) is 6.08. The summed E-state index contributed by atoms with van der Waals surface area (Å²) in [5, 5.41) is 11.8. The molecule has 0 saturated carbocycles. The molecule has 4 nitrogen and oxygen atoms in total. The van der Waals surface area contributed by atoms with Gasteiger partial charge in [0.05, 0.1) is 11.1 Å². The van der Waals surface area contributed by atoms with Crippen molar-refractivity contribution in [1.82, 2.24) is 5.32 Å². The summed E-state index contributed by atoms with van der Waals surface area (Å²) in [6, 6.07) is 5.69. The van der Waals surface area contributed by atoms with E-state index in [2.05, 4.69) is 11.4 Å². The van der Waals surface area contributed by atoms with Crippen molar-refractivity contribution in [2.75, 3.05) is 6.61 Å². The third kappa shape index (κ3) is 4.10. The Morgan fingerprint density at radius 3 is 2.75 bits per heavy atom. The number of carbonyl (C=O) groups is 1. The molecular formula is C14H16ClFN2O2. The Hall–Kier alpha value is -1.80. The number of nitrogens with zero attached hydrogens (tertiary/aromatic N) is 1. The number of hydrogen-bond acceptors (Lipinski definition) is 3. The van der Waals surface area contributed by atoms with Crippen molar-refractivity contribution < 1.29 is 13.9 Å². The van der Waals surface area contributed by atoms with E-state index in [1.165, 1.54) is 12.1 Å². The lowest BCUT2D eigenvalue weighted by Crippen LogP contribution is -2.50. The molecule has 0 aliphatic carbocycles. The standard InChI is InChI=1S/C14H16ClFN2O2/c1-9(2)14(3,8-17)18-13(19)7-20-12-5-4-10(16)6-11(12)15/h4-6,9H,7H2,1-3H3,(H,18,19)/t14-/m0/s1. The van der Waals surface area contributed by atoms with E-state index in [-0.39, 0.29) is 23.3 Å². The van der Waals surface area contributed by atoms with Gasteiger partial charge in [0.25, 0.3) is 5.91 Å². The highest BCUT2D eigenvalue weighted by Gasteiger charge is 2.30. The molecule has 1 N–H and O–H groups in total. The molecule has 0 aliphatic heterocycles. The highest BCUT2D eigenvalue weighted by atomic mass is 35.5. The monoisotopic (exact) mass is 298 g/mol. The fourth-order valence-corrected chi connectivity index (χ4v) is 1.58. The third-order valence-electron chi connectivity index (χ3n) is 3.04. The number of carbonyl (C=O) groups excluding carboxylic acids is 1. The number of ether oxygens (including phenoxy) is 1. The van der Waals surface area contributed by atoms with Crippen LogP contribution in [0.2, 0.25) is 5.02 Å². The quantitative estimate of drug-likeness (QED) is 0.909. The van der Waals surface area contributed by atoms with Gasteiger partial charge in [0.15, 0.2) is 6.61 Å². The van der Waals surface area contributed by atoms with Crippen molar-refractivity contribution in [3.8, 4) is 11.8 Å². The molecule has 0 bridgehead atoms. The molecule has 0 aromatic heterocycles. The average Bonchev–Trinajstić information content (AvgIpc) is 2.37. The van der Waals surface area contributed by atoms with Crippen molar-refractivity contribution in [1.29, 1.82) is 5.26 Å². The van der Waals surface area contributed by atoms with Crippen LogP contribution < -0.4 is 10.1 Å². The minimum Gasteiger partial charge on any atom is -0.482 e. The number of halogens is 2. The minimum absolute atomic E-state index is 0.0501. The highest BCUT2D eigenvalue weighted by Crippen LogP contribution is 2.24. The lowest BCUT2D eigenvalue weighted by atomic mass is 9.90. The van der Waals surface area contributed by atoms with E-state index in [1.807, 2.05) is 13.8 Å². The SMILES string of the molecule is CC(C)[C@](C)(C#N)NC(=O)COc1ccc(F)cc1Cl. The van der Waals surface area contributed by atoms with Crippen molar-refractivity contribution in [3.05, 3.63) is 29.0 Å². The molecule has 0 fully saturated rings. The molecule has 1 aromatic rings. The van der Waals surface area contributed by atoms with Crippen LogP contribution in [0.4, 0.5) is 4.39 Å². The molecule has 20 heavy (non-hydrogen) atoms. The molecule has 1 rings (SSSR count). The van der Waals surface area contributed by atoms with Crippen LogP contribution in [0.5, 0.6) is 5.75 Å². The predicted octanol–water partition coefficient (Wildman–Crippen LogP) is 2.91. The molecule has 0 unspecified atom stereocenters. The fraction of sp³-hybridized carbons (Fsp3) is 0.429. The normalized spacial score (nSPS) is 13.4. The van der Waals surface area contributed by atoms with Crippen LogP contribution in [0.3, 0.4) is 0 Å². The zero-order valence-electron chi connectivity index (χ0n) is 11.5. The van der Waals surface area contributed by atoms with E-state index in [9.17, 15) is 9.18 Å². The fourth-order valence-electron chi connectivity index (χ4n) is 1.36. The Bertz CT molecular complexity index is 542. The van der Waals surface area contributed by atoms with Crippen molar-refractivity contribution in [3.63, 3.8) is 0 Å². The van der Waals surface area contributed by atoms with Gasteiger partial charge in [-0.15, -0.1) is 0 Å². The second kappa shape index (κ2) is 6.58. The zero-order chi connectivity index (χ0) is 15.3. The number of hydrogen-bond donors (Lipinski definition) is 1. The topological polar surface area (TPSA) is 62.1 Å². The van der Waals surface area contributed by atoms with Gasteiger partial charge in [-0.05, 0) is 31.0 Å². The smallest absolute Gasteiger partial charge is 0.259 e. The summed E-state index contributed by atoms with van der Waals surface area (Å²) in [5.41, 5.74) is -0.965. The average molecular weight is 299 g/mol. The highest BCUT2D eigenvalue weighted by molar-refractivity contribution is 6.32. The molecule has 1 amide bonds. The molecule has 108 valence electrons. The molecule has 1 atom stereocenters. The van der Waals surface area contributed by atoms with E-state index in [0.717, 1.165) is 6.07 Å². The van der Waals surface area contributed by atoms with E-state index in [1.54, 1.807) is 6.92 Å². The first kappa shape index (κ1) is 16.3. The van der Waals surface area contributed by atoms with Gasteiger partial charge in [0.1, 0.15) is 17.1 Å². The second-order valence-electron chi connectivity index (χ2n) is 4.88. The van der Waals surface area contributed by atoms with Crippen molar-refractivity contribution in [2.24, 2.45) is 5.92 Å².